The summed E-state index contributed by atoms with van der Waals surface area (Å²) in [5.41, 5.74) is -0.0900. The van der Waals surface area contributed by atoms with E-state index in [0.29, 0.717) is 0 Å². The molecular formula is C11H14N4O5. The summed E-state index contributed by atoms with van der Waals surface area (Å²) in [5.74, 6) is 0. The van der Waals surface area contributed by atoms with Crippen LogP contribution in [0.4, 0.5) is 0 Å². The molecule has 3 rings (SSSR count). The summed E-state index contributed by atoms with van der Waals surface area (Å²) in [5, 5.41) is 29.4. The van der Waals surface area contributed by atoms with Gasteiger partial charge >= 0.3 is 0 Å². The first-order chi connectivity index (χ1) is 9.50. The fraction of sp³-hybridized carbons (Fsp3) is 0.545. The third kappa shape index (κ3) is 1.83. The number of hydrogen-bond donors (Lipinski definition) is 4. The molecule has 1 saturated heterocycles. The quantitative estimate of drug-likeness (QED) is 0.506. The van der Waals surface area contributed by atoms with E-state index in [0.717, 1.165) is 0 Å². The summed E-state index contributed by atoms with van der Waals surface area (Å²) in [6.45, 7) is 1.45. The van der Waals surface area contributed by atoms with Crippen LogP contribution in [0.1, 0.15) is 13.2 Å². The van der Waals surface area contributed by atoms with Crippen molar-refractivity contribution in [3.63, 3.8) is 0 Å². The van der Waals surface area contributed by atoms with Crippen LogP contribution in [0.25, 0.3) is 11.2 Å². The maximum atomic E-state index is 11.8. The van der Waals surface area contributed by atoms with Gasteiger partial charge in [0.2, 0.25) is 0 Å². The Morgan fingerprint density at radius 1 is 1.40 bits per heavy atom. The normalized spacial score (nSPS) is 31.8. The molecule has 108 valence electrons. The van der Waals surface area contributed by atoms with Crippen molar-refractivity contribution in [2.45, 2.75) is 37.6 Å². The molecule has 0 unspecified atom stereocenters. The number of rotatable bonds is 2. The summed E-state index contributed by atoms with van der Waals surface area (Å²) >= 11 is 0. The standard InChI is InChI=1S/C11H14N4O5/c1-4(16)8-6(17)7(18)11(20-8)15-3-14-9-5(15)10(19)13-2-12-9/h2-4,6-8,11,16-18H,1H3,(H,12,13,19)/t4-,6-,7+,8+,11+/m0/s1. The molecule has 1 aliphatic heterocycles. The summed E-state index contributed by atoms with van der Waals surface area (Å²) in [6, 6.07) is 0. The maximum Gasteiger partial charge on any atom is 0.277 e. The number of ether oxygens (including phenoxy) is 1. The van der Waals surface area contributed by atoms with Crippen LogP contribution in [-0.4, -0.2) is 59.3 Å². The molecule has 0 amide bonds. The van der Waals surface area contributed by atoms with Crippen molar-refractivity contribution in [3.05, 3.63) is 23.0 Å². The van der Waals surface area contributed by atoms with Crippen molar-refractivity contribution in [1.29, 1.82) is 0 Å². The van der Waals surface area contributed by atoms with E-state index < -0.39 is 36.2 Å². The van der Waals surface area contributed by atoms with E-state index in [2.05, 4.69) is 15.0 Å². The van der Waals surface area contributed by atoms with Gasteiger partial charge in [0.1, 0.15) is 24.6 Å². The number of hydrogen-bond acceptors (Lipinski definition) is 7. The van der Waals surface area contributed by atoms with Crippen molar-refractivity contribution < 1.29 is 20.1 Å². The number of imidazole rings is 1. The van der Waals surface area contributed by atoms with E-state index >= 15 is 0 Å². The van der Waals surface area contributed by atoms with Crippen LogP contribution in [0.5, 0.6) is 0 Å². The van der Waals surface area contributed by atoms with E-state index in [-0.39, 0.29) is 11.2 Å². The smallest absolute Gasteiger partial charge is 0.277 e. The van der Waals surface area contributed by atoms with Gasteiger partial charge < -0.3 is 25.0 Å². The summed E-state index contributed by atoms with van der Waals surface area (Å²) in [4.78, 5) is 22.1. The molecule has 2 aromatic rings. The Kier molecular flexibility index (Phi) is 3.05. The van der Waals surface area contributed by atoms with Gasteiger partial charge in [-0.3, -0.25) is 9.36 Å². The third-order valence-electron chi connectivity index (χ3n) is 3.40. The number of aromatic nitrogens is 4. The van der Waals surface area contributed by atoms with Crippen LogP contribution in [0.3, 0.4) is 0 Å². The molecule has 9 heteroatoms. The first kappa shape index (κ1) is 13.2. The largest absolute Gasteiger partial charge is 0.391 e. The van der Waals surface area contributed by atoms with Crippen molar-refractivity contribution in [2.75, 3.05) is 0 Å². The first-order valence-corrected chi connectivity index (χ1v) is 6.10. The molecule has 0 aromatic carbocycles. The lowest BCUT2D eigenvalue weighted by atomic mass is 10.1. The lowest BCUT2D eigenvalue weighted by molar-refractivity contribution is -0.0776. The van der Waals surface area contributed by atoms with E-state index in [4.69, 9.17) is 4.74 Å². The first-order valence-electron chi connectivity index (χ1n) is 6.10. The Hall–Kier alpha value is -1.81. The monoisotopic (exact) mass is 282 g/mol. The molecule has 0 radical (unpaired) electrons. The zero-order valence-corrected chi connectivity index (χ0v) is 10.5. The second-order valence-corrected chi connectivity index (χ2v) is 4.77. The van der Waals surface area contributed by atoms with Gasteiger partial charge in [-0.1, -0.05) is 0 Å². The minimum atomic E-state index is -1.29. The second-order valence-electron chi connectivity index (χ2n) is 4.77. The molecule has 9 nitrogen and oxygen atoms in total. The minimum absolute atomic E-state index is 0.134. The molecule has 5 atom stereocenters. The molecule has 4 N–H and O–H groups in total. The van der Waals surface area contributed by atoms with Gasteiger partial charge in [-0.25, -0.2) is 9.97 Å². The molecule has 0 spiro atoms. The van der Waals surface area contributed by atoms with E-state index in [1.807, 2.05) is 0 Å². The average Bonchev–Trinajstić information content (AvgIpc) is 2.94. The fourth-order valence-corrected chi connectivity index (χ4v) is 2.39. The highest BCUT2D eigenvalue weighted by atomic mass is 16.6. The zero-order chi connectivity index (χ0) is 14.4. The highest BCUT2D eigenvalue weighted by molar-refractivity contribution is 5.69. The highest BCUT2D eigenvalue weighted by Crippen LogP contribution is 2.32. The van der Waals surface area contributed by atoms with Crippen LogP contribution in [0.15, 0.2) is 17.4 Å². The van der Waals surface area contributed by atoms with Crippen LogP contribution in [-0.2, 0) is 4.74 Å². The third-order valence-corrected chi connectivity index (χ3v) is 3.40. The predicted molar refractivity (Wildman–Crippen MR) is 65.8 cm³/mol. The fourth-order valence-electron chi connectivity index (χ4n) is 2.39. The molecule has 3 heterocycles. The van der Waals surface area contributed by atoms with Gasteiger partial charge in [0, 0.05) is 0 Å². The number of fused-ring (bicyclic) bond motifs is 1. The molecule has 20 heavy (non-hydrogen) atoms. The Morgan fingerprint density at radius 2 is 2.15 bits per heavy atom. The van der Waals surface area contributed by atoms with Gasteiger partial charge in [-0.2, -0.15) is 0 Å². The van der Waals surface area contributed by atoms with Crippen molar-refractivity contribution in [3.8, 4) is 0 Å². The lowest BCUT2D eigenvalue weighted by Crippen LogP contribution is -2.37. The Balaban J connectivity index is 2.06. The van der Waals surface area contributed by atoms with Crippen molar-refractivity contribution in [1.82, 2.24) is 19.5 Å². The van der Waals surface area contributed by atoms with Crippen LogP contribution in [0.2, 0.25) is 0 Å². The predicted octanol–water partition coefficient (Wildman–Crippen LogP) is -1.88. The summed E-state index contributed by atoms with van der Waals surface area (Å²) in [7, 11) is 0. The van der Waals surface area contributed by atoms with Crippen LogP contribution >= 0.6 is 0 Å². The highest BCUT2D eigenvalue weighted by Gasteiger charge is 2.46. The number of aliphatic hydroxyl groups excluding tert-OH is 3. The number of nitrogens with one attached hydrogen (secondary N) is 1. The van der Waals surface area contributed by atoms with Crippen LogP contribution < -0.4 is 5.56 Å². The molecular weight excluding hydrogens is 268 g/mol. The van der Waals surface area contributed by atoms with Crippen LogP contribution in [0, 0.1) is 0 Å². The summed E-state index contributed by atoms with van der Waals surface area (Å²) < 4.78 is 6.75. The van der Waals surface area contributed by atoms with Gasteiger partial charge in [-0.15, -0.1) is 0 Å². The molecule has 0 saturated carbocycles. The van der Waals surface area contributed by atoms with Crippen molar-refractivity contribution in [2.24, 2.45) is 0 Å². The minimum Gasteiger partial charge on any atom is -0.391 e. The Morgan fingerprint density at radius 3 is 2.80 bits per heavy atom. The molecule has 1 fully saturated rings. The molecule has 0 bridgehead atoms. The number of nitrogens with zero attached hydrogens (tertiary/aromatic N) is 3. The number of aliphatic hydroxyl groups is 3. The lowest BCUT2D eigenvalue weighted by Gasteiger charge is -2.17. The zero-order valence-electron chi connectivity index (χ0n) is 10.5. The van der Waals surface area contributed by atoms with E-state index in [9.17, 15) is 20.1 Å². The Labute approximate surface area is 112 Å². The average molecular weight is 282 g/mol. The molecule has 2 aromatic heterocycles. The summed E-state index contributed by atoms with van der Waals surface area (Å²) in [6.07, 6.45) is -2.93. The van der Waals surface area contributed by atoms with Gasteiger partial charge in [0.05, 0.1) is 12.4 Å². The van der Waals surface area contributed by atoms with E-state index in [1.165, 1.54) is 24.1 Å². The Bertz CT molecular complexity index is 681. The SMILES string of the molecule is C[C@H](O)[C@H]1O[C@@H](n2cnc3nc[nH]c(=O)c32)[C@H](O)[C@@H]1O. The maximum absolute atomic E-state index is 11.8. The second kappa shape index (κ2) is 4.63. The number of aromatic amines is 1. The number of H-pyrrole nitrogens is 1. The topological polar surface area (TPSA) is 133 Å². The van der Waals surface area contributed by atoms with Gasteiger partial charge in [-0.05, 0) is 6.92 Å². The molecule has 1 aliphatic rings. The molecule has 0 aliphatic carbocycles. The van der Waals surface area contributed by atoms with E-state index in [1.54, 1.807) is 0 Å². The van der Waals surface area contributed by atoms with Gasteiger partial charge in [0.15, 0.2) is 17.4 Å². The van der Waals surface area contributed by atoms with Crippen molar-refractivity contribution >= 4 is 11.2 Å². The van der Waals surface area contributed by atoms with Gasteiger partial charge in [0.25, 0.3) is 5.56 Å².